The quantitative estimate of drug-likeness (QED) is 0.365. The zero-order valence-corrected chi connectivity index (χ0v) is 16.4. The lowest BCUT2D eigenvalue weighted by Crippen LogP contribution is -2.00. The average molecular weight is 359 g/mol. The fraction of sp³-hybridized carbons (Fsp3) is 0.385. The SMILES string of the molecule is CCCCCCCCOc1ccc(C2Cc3cccc4cccc2c34)cc1. The maximum Gasteiger partial charge on any atom is 0.119 e. The van der Waals surface area contributed by atoms with Crippen molar-refractivity contribution in [3.05, 3.63) is 77.4 Å². The molecule has 0 aromatic heterocycles. The molecule has 1 nitrogen and oxygen atoms in total. The predicted molar refractivity (Wildman–Crippen MR) is 115 cm³/mol. The molecule has 0 aliphatic heterocycles. The first-order chi connectivity index (χ1) is 13.4. The molecule has 1 unspecified atom stereocenters. The van der Waals surface area contributed by atoms with Gasteiger partial charge in [-0.15, -0.1) is 0 Å². The molecule has 0 saturated carbocycles. The van der Waals surface area contributed by atoms with Crippen LogP contribution in [0.15, 0.2) is 60.7 Å². The monoisotopic (exact) mass is 358 g/mol. The first-order valence-corrected chi connectivity index (χ1v) is 10.6. The first kappa shape index (κ1) is 18.1. The fourth-order valence-electron chi connectivity index (χ4n) is 4.41. The number of hydrogen-bond donors (Lipinski definition) is 0. The summed E-state index contributed by atoms with van der Waals surface area (Å²) in [6, 6.07) is 22.2. The Morgan fingerprint density at radius 3 is 2.37 bits per heavy atom. The molecule has 3 aromatic rings. The molecule has 0 saturated heterocycles. The summed E-state index contributed by atoms with van der Waals surface area (Å²) in [6.07, 6.45) is 8.92. The number of ether oxygens (including phenoxy) is 1. The third kappa shape index (κ3) is 4.03. The summed E-state index contributed by atoms with van der Waals surface area (Å²) in [5.41, 5.74) is 4.35. The van der Waals surface area contributed by atoms with Crippen molar-refractivity contribution in [3.8, 4) is 5.75 Å². The Balaban J connectivity index is 1.36. The summed E-state index contributed by atoms with van der Waals surface area (Å²) in [6.45, 7) is 3.09. The third-order valence-electron chi connectivity index (χ3n) is 5.87. The van der Waals surface area contributed by atoms with Crippen molar-refractivity contribution in [2.45, 2.75) is 57.8 Å². The summed E-state index contributed by atoms with van der Waals surface area (Å²) in [5.74, 6) is 1.47. The standard InChI is InChI=1S/C26H30O/c1-2-3-4-5-6-7-18-27-23-16-14-20(15-17-23)25-19-22-12-8-10-21-11-9-13-24(25)26(21)22/h8-17,25H,2-7,18-19H2,1H3. The van der Waals surface area contributed by atoms with E-state index in [-0.39, 0.29) is 0 Å². The molecule has 0 amide bonds. The van der Waals surface area contributed by atoms with Crippen molar-refractivity contribution >= 4 is 10.8 Å². The molecule has 0 spiro atoms. The minimum Gasteiger partial charge on any atom is -0.494 e. The van der Waals surface area contributed by atoms with Crippen LogP contribution in [0, 0.1) is 0 Å². The number of rotatable bonds is 9. The Kier molecular flexibility index (Phi) is 5.77. The summed E-state index contributed by atoms with van der Waals surface area (Å²) in [5, 5.41) is 2.83. The molecular weight excluding hydrogens is 328 g/mol. The fourth-order valence-corrected chi connectivity index (χ4v) is 4.41. The van der Waals surface area contributed by atoms with Crippen molar-refractivity contribution < 1.29 is 4.74 Å². The second kappa shape index (κ2) is 8.61. The minimum atomic E-state index is 0.471. The van der Waals surface area contributed by atoms with E-state index in [0.717, 1.165) is 25.2 Å². The molecule has 3 aromatic carbocycles. The maximum atomic E-state index is 5.95. The van der Waals surface area contributed by atoms with Gasteiger partial charge in [0, 0.05) is 5.92 Å². The normalized spacial score (nSPS) is 15.4. The van der Waals surface area contributed by atoms with Crippen LogP contribution in [0.1, 0.15) is 68.1 Å². The summed E-state index contributed by atoms with van der Waals surface area (Å²) in [4.78, 5) is 0. The van der Waals surface area contributed by atoms with E-state index in [0.29, 0.717) is 5.92 Å². The highest BCUT2D eigenvalue weighted by molar-refractivity contribution is 5.92. The third-order valence-corrected chi connectivity index (χ3v) is 5.87. The van der Waals surface area contributed by atoms with E-state index in [1.807, 2.05) is 0 Å². The highest BCUT2D eigenvalue weighted by Crippen LogP contribution is 2.41. The van der Waals surface area contributed by atoms with Crippen molar-refractivity contribution in [1.82, 2.24) is 0 Å². The van der Waals surface area contributed by atoms with Crippen LogP contribution in [0.4, 0.5) is 0 Å². The van der Waals surface area contributed by atoms with E-state index in [4.69, 9.17) is 4.74 Å². The van der Waals surface area contributed by atoms with Crippen LogP contribution < -0.4 is 4.74 Å². The molecule has 0 fully saturated rings. The van der Waals surface area contributed by atoms with E-state index >= 15 is 0 Å². The van der Waals surface area contributed by atoms with Gasteiger partial charge in [0.2, 0.25) is 0 Å². The molecule has 1 aliphatic carbocycles. The molecule has 0 bridgehead atoms. The van der Waals surface area contributed by atoms with Crippen LogP contribution in [0.5, 0.6) is 5.75 Å². The number of hydrogen-bond acceptors (Lipinski definition) is 1. The summed E-state index contributed by atoms with van der Waals surface area (Å²) in [7, 11) is 0. The number of unbranched alkanes of at least 4 members (excludes halogenated alkanes) is 5. The van der Waals surface area contributed by atoms with Gasteiger partial charge in [-0.25, -0.2) is 0 Å². The van der Waals surface area contributed by atoms with Crippen molar-refractivity contribution in [3.63, 3.8) is 0 Å². The second-order valence-electron chi connectivity index (χ2n) is 7.80. The average Bonchev–Trinajstić information content (AvgIpc) is 3.09. The zero-order valence-electron chi connectivity index (χ0n) is 16.4. The highest BCUT2D eigenvalue weighted by Gasteiger charge is 2.25. The van der Waals surface area contributed by atoms with Crippen LogP contribution in [0.25, 0.3) is 10.8 Å². The summed E-state index contributed by atoms with van der Waals surface area (Å²) >= 11 is 0. The Morgan fingerprint density at radius 1 is 0.815 bits per heavy atom. The number of benzene rings is 3. The first-order valence-electron chi connectivity index (χ1n) is 10.6. The van der Waals surface area contributed by atoms with Crippen LogP contribution in [-0.4, -0.2) is 6.61 Å². The van der Waals surface area contributed by atoms with Gasteiger partial charge >= 0.3 is 0 Å². The van der Waals surface area contributed by atoms with Crippen LogP contribution >= 0.6 is 0 Å². The topological polar surface area (TPSA) is 9.23 Å². The molecule has 140 valence electrons. The Morgan fingerprint density at radius 2 is 1.56 bits per heavy atom. The molecule has 0 radical (unpaired) electrons. The van der Waals surface area contributed by atoms with E-state index in [9.17, 15) is 0 Å². The molecule has 1 atom stereocenters. The van der Waals surface area contributed by atoms with E-state index in [2.05, 4.69) is 67.6 Å². The van der Waals surface area contributed by atoms with E-state index in [1.54, 1.807) is 0 Å². The molecular formula is C26H30O. The highest BCUT2D eigenvalue weighted by atomic mass is 16.5. The molecule has 27 heavy (non-hydrogen) atoms. The molecule has 1 heteroatoms. The van der Waals surface area contributed by atoms with Gasteiger partial charge in [0.25, 0.3) is 0 Å². The summed E-state index contributed by atoms with van der Waals surface area (Å²) < 4.78 is 5.95. The lowest BCUT2D eigenvalue weighted by Gasteiger charge is -2.13. The minimum absolute atomic E-state index is 0.471. The zero-order chi connectivity index (χ0) is 18.5. The van der Waals surface area contributed by atoms with Gasteiger partial charge in [-0.1, -0.05) is 87.6 Å². The van der Waals surface area contributed by atoms with E-state index < -0.39 is 0 Å². The van der Waals surface area contributed by atoms with Crippen molar-refractivity contribution in [2.75, 3.05) is 6.61 Å². The largest absolute Gasteiger partial charge is 0.494 e. The van der Waals surface area contributed by atoms with Crippen LogP contribution in [0.2, 0.25) is 0 Å². The van der Waals surface area contributed by atoms with Gasteiger partial charge in [-0.3, -0.25) is 0 Å². The van der Waals surface area contributed by atoms with Gasteiger partial charge in [0.05, 0.1) is 6.61 Å². The van der Waals surface area contributed by atoms with Crippen LogP contribution in [0.3, 0.4) is 0 Å². The molecule has 0 heterocycles. The Hall–Kier alpha value is -2.28. The maximum absolute atomic E-state index is 5.95. The smallest absolute Gasteiger partial charge is 0.119 e. The van der Waals surface area contributed by atoms with Gasteiger partial charge in [-0.2, -0.15) is 0 Å². The predicted octanol–water partition coefficient (Wildman–Crippen LogP) is 7.27. The van der Waals surface area contributed by atoms with Gasteiger partial charge < -0.3 is 4.74 Å². The second-order valence-corrected chi connectivity index (χ2v) is 7.80. The van der Waals surface area contributed by atoms with Gasteiger partial charge in [0.15, 0.2) is 0 Å². The Bertz CT molecular complexity index is 873. The molecule has 4 rings (SSSR count). The van der Waals surface area contributed by atoms with Gasteiger partial charge in [0.1, 0.15) is 5.75 Å². The van der Waals surface area contributed by atoms with Crippen LogP contribution in [-0.2, 0) is 6.42 Å². The lowest BCUT2D eigenvalue weighted by molar-refractivity contribution is 0.304. The lowest BCUT2D eigenvalue weighted by atomic mass is 9.92. The Labute approximate surface area is 163 Å². The van der Waals surface area contributed by atoms with Crippen molar-refractivity contribution in [2.24, 2.45) is 0 Å². The molecule has 0 N–H and O–H groups in total. The van der Waals surface area contributed by atoms with Crippen molar-refractivity contribution in [1.29, 1.82) is 0 Å². The molecule has 1 aliphatic rings. The van der Waals surface area contributed by atoms with E-state index in [1.165, 1.54) is 59.6 Å². The van der Waals surface area contributed by atoms with Gasteiger partial charge in [-0.05, 0) is 52.4 Å².